The minimum absolute atomic E-state index is 0.0465. The Kier molecular flexibility index (Phi) is 5.64. The summed E-state index contributed by atoms with van der Waals surface area (Å²) in [6.45, 7) is 6.15. The van der Waals surface area contributed by atoms with Crippen LogP contribution in [0.5, 0.6) is 5.75 Å². The molecule has 1 aliphatic rings. The van der Waals surface area contributed by atoms with E-state index in [1.54, 1.807) is 24.3 Å². The molecule has 0 aromatic heterocycles. The lowest BCUT2D eigenvalue weighted by Gasteiger charge is -2.31. The van der Waals surface area contributed by atoms with Crippen LogP contribution >= 0.6 is 0 Å². The Bertz CT molecular complexity index is 633. The van der Waals surface area contributed by atoms with Crippen LogP contribution in [0, 0.1) is 0 Å². The Morgan fingerprint density at radius 1 is 1.22 bits per heavy atom. The third-order valence-electron chi connectivity index (χ3n) is 3.69. The molecular formula is C16H24N2O4S. The van der Waals surface area contributed by atoms with Crippen LogP contribution in [0.1, 0.15) is 33.6 Å². The molecule has 0 aliphatic carbocycles. The highest BCUT2D eigenvalue weighted by Gasteiger charge is 2.29. The standard InChI is InChI=1S/C16H24N2O4S/c1-12(2)22-15-4-6-16(7-5-15)23(20,21)18-10-8-14(9-11-18)17-13(3)19/h4-7,12,14H,8-11H2,1-3H3,(H,17,19). The number of hydrogen-bond acceptors (Lipinski definition) is 4. The monoisotopic (exact) mass is 340 g/mol. The summed E-state index contributed by atoms with van der Waals surface area (Å²) in [6, 6.07) is 6.56. The topological polar surface area (TPSA) is 75.7 Å². The highest BCUT2D eigenvalue weighted by molar-refractivity contribution is 7.89. The van der Waals surface area contributed by atoms with Crippen molar-refractivity contribution in [2.24, 2.45) is 0 Å². The number of rotatable bonds is 5. The van der Waals surface area contributed by atoms with Crippen molar-refractivity contribution in [2.75, 3.05) is 13.1 Å². The molecule has 1 N–H and O–H groups in total. The number of benzene rings is 1. The van der Waals surface area contributed by atoms with Crippen LogP contribution in [0.4, 0.5) is 0 Å². The lowest BCUT2D eigenvalue weighted by Crippen LogP contribution is -2.45. The molecule has 1 fully saturated rings. The number of piperidine rings is 1. The van der Waals surface area contributed by atoms with E-state index in [-0.39, 0.29) is 22.9 Å². The van der Waals surface area contributed by atoms with E-state index in [0.29, 0.717) is 31.7 Å². The van der Waals surface area contributed by atoms with Gasteiger partial charge >= 0.3 is 0 Å². The second kappa shape index (κ2) is 7.31. The van der Waals surface area contributed by atoms with Gasteiger partial charge in [0.05, 0.1) is 11.0 Å². The Morgan fingerprint density at radius 3 is 2.26 bits per heavy atom. The molecular weight excluding hydrogens is 316 g/mol. The number of nitrogens with zero attached hydrogens (tertiary/aromatic N) is 1. The van der Waals surface area contributed by atoms with E-state index in [0.717, 1.165) is 0 Å². The van der Waals surface area contributed by atoms with Crippen molar-refractivity contribution in [3.8, 4) is 5.75 Å². The number of carbonyl (C=O) groups excluding carboxylic acids is 1. The smallest absolute Gasteiger partial charge is 0.243 e. The van der Waals surface area contributed by atoms with Crippen molar-refractivity contribution in [1.82, 2.24) is 9.62 Å². The highest BCUT2D eigenvalue weighted by Crippen LogP contribution is 2.23. The van der Waals surface area contributed by atoms with Gasteiger partial charge in [0.25, 0.3) is 0 Å². The molecule has 1 aromatic rings. The van der Waals surface area contributed by atoms with Gasteiger partial charge < -0.3 is 10.1 Å². The largest absolute Gasteiger partial charge is 0.491 e. The van der Waals surface area contributed by atoms with Crippen LogP contribution in [0.15, 0.2) is 29.2 Å². The van der Waals surface area contributed by atoms with Crippen LogP contribution in [0.25, 0.3) is 0 Å². The molecule has 7 heteroatoms. The zero-order valence-corrected chi connectivity index (χ0v) is 14.6. The molecule has 1 amide bonds. The molecule has 0 spiro atoms. The SMILES string of the molecule is CC(=O)NC1CCN(S(=O)(=O)c2ccc(OC(C)C)cc2)CC1. The molecule has 6 nitrogen and oxygen atoms in total. The Labute approximate surface area is 137 Å². The summed E-state index contributed by atoms with van der Waals surface area (Å²) in [6.07, 6.45) is 1.31. The summed E-state index contributed by atoms with van der Waals surface area (Å²) in [5, 5.41) is 2.84. The van der Waals surface area contributed by atoms with Gasteiger partial charge in [-0.15, -0.1) is 0 Å². The average molecular weight is 340 g/mol. The first-order valence-electron chi connectivity index (χ1n) is 7.83. The van der Waals surface area contributed by atoms with Gasteiger partial charge in [-0.2, -0.15) is 4.31 Å². The number of sulfonamides is 1. The van der Waals surface area contributed by atoms with Crippen LogP contribution < -0.4 is 10.1 Å². The van der Waals surface area contributed by atoms with Gasteiger partial charge in [0, 0.05) is 26.1 Å². The summed E-state index contributed by atoms with van der Waals surface area (Å²) in [4.78, 5) is 11.3. The van der Waals surface area contributed by atoms with E-state index < -0.39 is 10.0 Å². The Balaban J connectivity index is 2.03. The number of nitrogens with one attached hydrogen (secondary N) is 1. The maximum Gasteiger partial charge on any atom is 0.243 e. The first-order valence-corrected chi connectivity index (χ1v) is 9.27. The Hall–Kier alpha value is -1.60. The molecule has 0 saturated carbocycles. The van der Waals surface area contributed by atoms with Crippen molar-refractivity contribution in [2.45, 2.75) is 50.7 Å². The van der Waals surface area contributed by atoms with Crippen molar-refractivity contribution < 1.29 is 17.9 Å². The van der Waals surface area contributed by atoms with E-state index in [1.165, 1.54) is 11.2 Å². The predicted octanol–water partition coefficient (Wildman–Crippen LogP) is 1.76. The summed E-state index contributed by atoms with van der Waals surface area (Å²) in [5.74, 6) is 0.579. The van der Waals surface area contributed by atoms with Crippen LogP contribution in [-0.2, 0) is 14.8 Å². The molecule has 2 rings (SSSR count). The number of amides is 1. The second-order valence-corrected chi connectivity index (χ2v) is 7.95. The number of carbonyl (C=O) groups is 1. The molecule has 0 atom stereocenters. The predicted molar refractivity (Wildman–Crippen MR) is 87.8 cm³/mol. The van der Waals surface area contributed by atoms with Crippen molar-refractivity contribution in [3.63, 3.8) is 0 Å². The third-order valence-corrected chi connectivity index (χ3v) is 5.61. The highest BCUT2D eigenvalue weighted by atomic mass is 32.2. The maximum absolute atomic E-state index is 12.6. The lowest BCUT2D eigenvalue weighted by atomic mass is 10.1. The minimum atomic E-state index is -3.49. The number of hydrogen-bond donors (Lipinski definition) is 1. The second-order valence-electron chi connectivity index (χ2n) is 6.02. The van der Waals surface area contributed by atoms with Gasteiger partial charge in [0.15, 0.2) is 0 Å². The summed E-state index contributed by atoms with van der Waals surface area (Å²) < 4.78 is 32.3. The van der Waals surface area contributed by atoms with Crippen molar-refractivity contribution >= 4 is 15.9 Å². The first-order chi connectivity index (χ1) is 10.8. The molecule has 0 unspecified atom stereocenters. The average Bonchev–Trinajstić information content (AvgIpc) is 2.47. The van der Waals surface area contributed by atoms with E-state index >= 15 is 0 Å². The first kappa shape index (κ1) is 17.7. The van der Waals surface area contributed by atoms with Gasteiger partial charge in [-0.1, -0.05) is 0 Å². The van der Waals surface area contributed by atoms with Gasteiger partial charge in [-0.05, 0) is 51.0 Å². The number of ether oxygens (including phenoxy) is 1. The quantitative estimate of drug-likeness (QED) is 0.886. The van der Waals surface area contributed by atoms with Crippen LogP contribution in [0.3, 0.4) is 0 Å². The maximum atomic E-state index is 12.6. The van der Waals surface area contributed by atoms with Crippen LogP contribution in [-0.4, -0.2) is 43.9 Å². The normalized spacial score (nSPS) is 17.2. The fourth-order valence-corrected chi connectivity index (χ4v) is 4.11. The molecule has 0 bridgehead atoms. The van der Waals surface area contributed by atoms with Gasteiger partial charge in [-0.3, -0.25) is 4.79 Å². The zero-order chi connectivity index (χ0) is 17.0. The molecule has 128 valence electrons. The van der Waals surface area contributed by atoms with Crippen molar-refractivity contribution in [1.29, 1.82) is 0 Å². The lowest BCUT2D eigenvalue weighted by molar-refractivity contribution is -0.119. The van der Waals surface area contributed by atoms with Gasteiger partial charge in [0.2, 0.25) is 15.9 Å². The minimum Gasteiger partial charge on any atom is -0.491 e. The third kappa shape index (κ3) is 4.68. The molecule has 1 aromatic carbocycles. The molecule has 0 radical (unpaired) electrons. The fraction of sp³-hybridized carbons (Fsp3) is 0.562. The molecule has 1 aliphatic heterocycles. The van der Waals surface area contributed by atoms with E-state index in [4.69, 9.17) is 4.74 Å². The van der Waals surface area contributed by atoms with E-state index in [1.807, 2.05) is 13.8 Å². The molecule has 23 heavy (non-hydrogen) atoms. The van der Waals surface area contributed by atoms with Crippen molar-refractivity contribution in [3.05, 3.63) is 24.3 Å². The molecule has 1 saturated heterocycles. The van der Waals surface area contributed by atoms with E-state index in [9.17, 15) is 13.2 Å². The molecule has 1 heterocycles. The van der Waals surface area contributed by atoms with Gasteiger partial charge in [0.1, 0.15) is 5.75 Å². The van der Waals surface area contributed by atoms with Crippen LogP contribution in [0.2, 0.25) is 0 Å². The zero-order valence-electron chi connectivity index (χ0n) is 13.8. The van der Waals surface area contributed by atoms with Gasteiger partial charge in [-0.25, -0.2) is 8.42 Å². The summed E-state index contributed by atoms with van der Waals surface area (Å²) >= 11 is 0. The van der Waals surface area contributed by atoms with E-state index in [2.05, 4.69) is 5.32 Å². The Morgan fingerprint density at radius 2 is 1.78 bits per heavy atom. The summed E-state index contributed by atoms with van der Waals surface area (Å²) in [7, 11) is -3.49. The fourth-order valence-electron chi connectivity index (χ4n) is 2.64. The summed E-state index contributed by atoms with van der Waals surface area (Å²) in [5.41, 5.74) is 0.